The van der Waals surface area contributed by atoms with Crippen LogP contribution in [0.5, 0.6) is 0 Å². The van der Waals surface area contributed by atoms with Gasteiger partial charge in [0.05, 0.1) is 17.8 Å². The van der Waals surface area contributed by atoms with E-state index in [1.807, 2.05) is 5.38 Å². The van der Waals surface area contributed by atoms with Crippen LogP contribution in [-0.4, -0.2) is 21.2 Å². The second-order valence-corrected chi connectivity index (χ2v) is 8.10. The van der Waals surface area contributed by atoms with Crippen molar-refractivity contribution >= 4 is 39.2 Å². The number of halogens is 1. The molecule has 3 aromatic rings. The van der Waals surface area contributed by atoms with Crippen molar-refractivity contribution in [1.82, 2.24) is 14.9 Å². The molecular formula is C18H16FN3O2S2. The van der Waals surface area contributed by atoms with Crippen molar-refractivity contribution in [2.75, 3.05) is 5.75 Å². The summed E-state index contributed by atoms with van der Waals surface area (Å²) in [7, 11) is 0. The molecule has 2 aromatic heterocycles. The molecule has 26 heavy (non-hydrogen) atoms. The van der Waals surface area contributed by atoms with Crippen LogP contribution in [0, 0.1) is 5.82 Å². The monoisotopic (exact) mass is 389 g/mol. The Kier molecular flexibility index (Phi) is 4.78. The molecule has 134 valence electrons. The van der Waals surface area contributed by atoms with Crippen LogP contribution in [0.3, 0.4) is 0 Å². The summed E-state index contributed by atoms with van der Waals surface area (Å²) in [6.07, 6.45) is 2.41. The molecule has 1 unspecified atom stereocenters. The van der Waals surface area contributed by atoms with Crippen LogP contribution in [0.1, 0.15) is 24.4 Å². The summed E-state index contributed by atoms with van der Waals surface area (Å²) >= 11 is 3.09. The first-order chi connectivity index (χ1) is 12.6. The van der Waals surface area contributed by atoms with Crippen LogP contribution in [0.15, 0.2) is 45.7 Å². The molecule has 0 bridgehead atoms. The van der Waals surface area contributed by atoms with E-state index >= 15 is 0 Å². The van der Waals surface area contributed by atoms with Gasteiger partial charge in [-0.05, 0) is 41.6 Å². The Morgan fingerprint density at radius 1 is 1.38 bits per heavy atom. The highest BCUT2D eigenvalue weighted by molar-refractivity contribution is 7.99. The van der Waals surface area contributed by atoms with Crippen molar-refractivity contribution in [2.45, 2.75) is 30.3 Å². The number of hydrogen-bond donors (Lipinski definition) is 1. The number of fused-ring (bicyclic) bond motifs is 2. The number of carbonyl (C=O) groups excluding carboxylic acids is 1. The summed E-state index contributed by atoms with van der Waals surface area (Å²) in [4.78, 5) is 30.7. The maximum Gasteiger partial charge on any atom is 0.262 e. The predicted octanol–water partition coefficient (Wildman–Crippen LogP) is 3.34. The van der Waals surface area contributed by atoms with E-state index in [2.05, 4.69) is 10.3 Å². The molecular weight excluding hydrogens is 373 g/mol. The number of aryl methyl sites for hydroxylation is 1. The molecule has 8 heteroatoms. The third-order valence-electron chi connectivity index (χ3n) is 4.38. The minimum Gasteiger partial charge on any atom is -0.349 e. The van der Waals surface area contributed by atoms with E-state index in [1.165, 1.54) is 34.4 Å². The highest BCUT2D eigenvalue weighted by atomic mass is 32.2. The fraction of sp³-hybridized carbons (Fsp3) is 0.278. The maximum atomic E-state index is 13.6. The highest BCUT2D eigenvalue weighted by Gasteiger charge is 2.22. The Hall–Kier alpha value is -2.19. The van der Waals surface area contributed by atoms with E-state index in [0.29, 0.717) is 10.2 Å². The molecule has 1 amide bonds. The molecule has 0 saturated heterocycles. The summed E-state index contributed by atoms with van der Waals surface area (Å²) < 4.78 is 15.0. The largest absolute Gasteiger partial charge is 0.349 e. The highest BCUT2D eigenvalue weighted by Crippen LogP contribution is 2.36. The molecule has 0 aliphatic carbocycles. The number of hydrogen-bond acceptors (Lipinski definition) is 5. The first-order valence-corrected chi connectivity index (χ1v) is 10.1. The lowest BCUT2D eigenvalue weighted by Gasteiger charge is -2.26. The van der Waals surface area contributed by atoms with Crippen molar-refractivity contribution in [3.8, 4) is 0 Å². The summed E-state index contributed by atoms with van der Waals surface area (Å²) in [6.45, 7) is 0.265. The van der Waals surface area contributed by atoms with Gasteiger partial charge in [-0.15, -0.1) is 23.1 Å². The number of nitrogens with one attached hydrogen (secondary N) is 1. The summed E-state index contributed by atoms with van der Waals surface area (Å²) in [6, 6.07) is 6.25. The number of nitrogens with zero attached hydrogens (tertiary/aromatic N) is 2. The van der Waals surface area contributed by atoms with E-state index < -0.39 is 0 Å². The molecule has 1 aliphatic rings. The lowest BCUT2D eigenvalue weighted by atomic mass is 10.0. The summed E-state index contributed by atoms with van der Waals surface area (Å²) in [5, 5.41) is 5.37. The van der Waals surface area contributed by atoms with E-state index in [0.717, 1.165) is 22.6 Å². The molecule has 0 spiro atoms. The minimum atomic E-state index is -0.299. The fourth-order valence-electron chi connectivity index (χ4n) is 3.06. The van der Waals surface area contributed by atoms with Crippen molar-refractivity contribution < 1.29 is 9.18 Å². The van der Waals surface area contributed by atoms with Crippen LogP contribution in [0.25, 0.3) is 10.2 Å². The Balaban J connectivity index is 1.44. The third-order valence-corrected chi connectivity index (χ3v) is 6.32. The number of rotatable bonds is 4. The van der Waals surface area contributed by atoms with Crippen LogP contribution in [0.2, 0.25) is 0 Å². The lowest BCUT2D eigenvalue weighted by molar-refractivity contribution is -0.122. The molecule has 1 atom stereocenters. The first-order valence-electron chi connectivity index (χ1n) is 8.26. The first kappa shape index (κ1) is 17.2. The van der Waals surface area contributed by atoms with Crippen molar-refractivity contribution in [3.63, 3.8) is 0 Å². The van der Waals surface area contributed by atoms with Crippen LogP contribution in [0.4, 0.5) is 4.39 Å². The number of carbonyl (C=O) groups is 1. The van der Waals surface area contributed by atoms with Gasteiger partial charge in [0.15, 0.2) is 0 Å². The fourth-order valence-corrected chi connectivity index (χ4v) is 4.89. The minimum absolute atomic E-state index is 0.134. The van der Waals surface area contributed by atoms with Gasteiger partial charge < -0.3 is 5.32 Å². The Labute approximate surface area is 157 Å². The van der Waals surface area contributed by atoms with Gasteiger partial charge in [0.1, 0.15) is 10.6 Å². The molecule has 3 heterocycles. The number of thioether (sulfide) groups is 1. The normalized spacial score (nSPS) is 16.4. The summed E-state index contributed by atoms with van der Waals surface area (Å²) in [5.41, 5.74) is 0.693. The number of thiophene rings is 1. The second-order valence-electron chi connectivity index (χ2n) is 6.07. The molecule has 0 fully saturated rings. The average molecular weight is 389 g/mol. The molecule has 5 nitrogen and oxygen atoms in total. The average Bonchev–Trinajstić information content (AvgIpc) is 3.11. The van der Waals surface area contributed by atoms with E-state index in [1.54, 1.807) is 23.9 Å². The van der Waals surface area contributed by atoms with Gasteiger partial charge in [0.2, 0.25) is 5.91 Å². The standard InChI is InChI=1S/C18H16FN3O2S2/c19-11-1-2-15-13(9-11)14(5-8-25-15)21-16(23)3-6-22-10-20-17-12(18(22)24)4-7-26-17/h1-2,4,7,9-10,14H,3,5-6,8H2,(H,21,23). The number of aromatic nitrogens is 2. The topological polar surface area (TPSA) is 64.0 Å². The zero-order valence-corrected chi connectivity index (χ0v) is 15.4. The smallest absolute Gasteiger partial charge is 0.262 e. The Morgan fingerprint density at radius 3 is 3.15 bits per heavy atom. The van der Waals surface area contributed by atoms with Crippen molar-refractivity contribution in [2.24, 2.45) is 0 Å². The van der Waals surface area contributed by atoms with E-state index in [9.17, 15) is 14.0 Å². The third kappa shape index (κ3) is 3.39. The van der Waals surface area contributed by atoms with Crippen LogP contribution < -0.4 is 10.9 Å². The lowest BCUT2D eigenvalue weighted by Crippen LogP contribution is -2.32. The van der Waals surface area contributed by atoms with Gasteiger partial charge in [-0.25, -0.2) is 9.37 Å². The van der Waals surface area contributed by atoms with Gasteiger partial charge in [-0.3, -0.25) is 14.2 Å². The quantitative estimate of drug-likeness (QED) is 0.743. The Bertz CT molecular complexity index is 1030. The second kappa shape index (κ2) is 7.20. The van der Waals surface area contributed by atoms with Crippen molar-refractivity contribution in [1.29, 1.82) is 0 Å². The molecule has 0 saturated carbocycles. The van der Waals surface area contributed by atoms with Gasteiger partial charge >= 0.3 is 0 Å². The molecule has 1 aromatic carbocycles. The van der Waals surface area contributed by atoms with Crippen molar-refractivity contribution in [3.05, 3.63) is 57.7 Å². The SMILES string of the molecule is O=C(CCn1cnc2sccc2c1=O)NC1CCSc2ccc(F)cc21. The summed E-state index contributed by atoms with van der Waals surface area (Å²) in [5.74, 6) is 0.420. The van der Waals surface area contributed by atoms with Gasteiger partial charge in [0.25, 0.3) is 5.56 Å². The van der Waals surface area contributed by atoms with E-state index in [-0.39, 0.29) is 36.3 Å². The van der Waals surface area contributed by atoms with Crippen LogP contribution >= 0.6 is 23.1 Å². The van der Waals surface area contributed by atoms with Gasteiger partial charge in [-0.2, -0.15) is 0 Å². The zero-order chi connectivity index (χ0) is 18.1. The van der Waals surface area contributed by atoms with Crippen LogP contribution in [-0.2, 0) is 11.3 Å². The number of amides is 1. The Morgan fingerprint density at radius 2 is 2.27 bits per heavy atom. The molecule has 1 N–H and O–H groups in total. The molecule has 1 aliphatic heterocycles. The molecule has 4 rings (SSSR count). The maximum absolute atomic E-state index is 13.6. The number of benzene rings is 1. The van der Waals surface area contributed by atoms with Gasteiger partial charge in [-0.1, -0.05) is 0 Å². The predicted molar refractivity (Wildman–Crippen MR) is 101 cm³/mol. The molecule has 0 radical (unpaired) electrons. The zero-order valence-electron chi connectivity index (χ0n) is 13.8. The van der Waals surface area contributed by atoms with E-state index in [4.69, 9.17) is 0 Å². The van der Waals surface area contributed by atoms with Gasteiger partial charge in [0, 0.05) is 23.6 Å².